The zero-order chi connectivity index (χ0) is 22.1. The minimum Gasteiger partial charge on any atom is -0.451 e. The van der Waals surface area contributed by atoms with Crippen molar-refractivity contribution in [2.45, 2.75) is 39.2 Å². The number of esters is 1. The molecule has 1 aliphatic carbocycles. The zero-order valence-electron chi connectivity index (χ0n) is 17.6. The third-order valence-corrected chi connectivity index (χ3v) is 6.24. The predicted octanol–water partition coefficient (Wildman–Crippen LogP) is 4.04. The molecule has 1 aliphatic heterocycles. The fourth-order valence-corrected chi connectivity index (χ4v) is 4.54. The molecule has 6 heteroatoms. The molecule has 6 nitrogen and oxygen atoms in total. The van der Waals surface area contributed by atoms with E-state index in [-0.39, 0.29) is 35.0 Å². The van der Waals surface area contributed by atoms with E-state index in [4.69, 9.17) is 4.74 Å². The second-order valence-corrected chi connectivity index (χ2v) is 8.47. The fraction of sp³-hybridized carbons (Fsp3) is 0.360. The van der Waals surface area contributed by atoms with Crippen molar-refractivity contribution in [1.29, 1.82) is 0 Å². The summed E-state index contributed by atoms with van der Waals surface area (Å²) in [5, 5.41) is 0. The molecule has 0 radical (unpaired) electrons. The quantitative estimate of drug-likeness (QED) is 0.415. The number of ketones is 1. The highest BCUT2D eigenvalue weighted by molar-refractivity contribution is 6.22. The van der Waals surface area contributed by atoms with Gasteiger partial charge in [0.25, 0.3) is 0 Å². The van der Waals surface area contributed by atoms with Gasteiger partial charge in [-0.05, 0) is 50.3 Å². The molecular weight excluding hydrogens is 394 g/mol. The maximum atomic E-state index is 12.9. The Morgan fingerprint density at radius 2 is 1.61 bits per heavy atom. The van der Waals surface area contributed by atoms with E-state index in [1.165, 1.54) is 17.9 Å². The molecule has 0 unspecified atom stereocenters. The summed E-state index contributed by atoms with van der Waals surface area (Å²) in [4.78, 5) is 52.2. The summed E-state index contributed by atoms with van der Waals surface area (Å²) >= 11 is 0. The number of hydrogen-bond acceptors (Lipinski definition) is 5. The molecule has 2 aromatic rings. The Morgan fingerprint density at radius 3 is 2.35 bits per heavy atom. The number of amides is 2. The zero-order valence-corrected chi connectivity index (χ0v) is 17.6. The van der Waals surface area contributed by atoms with Crippen LogP contribution in [0.5, 0.6) is 0 Å². The third kappa shape index (κ3) is 4.02. The molecule has 2 fully saturated rings. The summed E-state index contributed by atoms with van der Waals surface area (Å²) in [6.07, 6.45) is 1.41. The first-order valence-electron chi connectivity index (χ1n) is 10.6. The molecule has 0 spiro atoms. The van der Waals surface area contributed by atoms with Gasteiger partial charge < -0.3 is 4.74 Å². The SMILES string of the molecule is C[C@@H]1CC[C@H]2C(=O)N(c3cccc(C(=O)O[C@H](C)C(=O)c4ccccc4)c3)C(=O)[C@H]2C1. The number of hydrogen-bond donors (Lipinski definition) is 0. The van der Waals surface area contributed by atoms with Gasteiger partial charge in [0.05, 0.1) is 23.1 Å². The molecule has 31 heavy (non-hydrogen) atoms. The summed E-state index contributed by atoms with van der Waals surface area (Å²) in [6, 6.07) is 14.9. The van der Waals surface area contributed by atoms with Crippen LogP contribution in [0, 0.1) is 17.8 Å². The molecule has 160 valence electrons. The number of nitrogens with zero attached hydrogens (tertiary/aromatic N) is 1. The molecule has 4 rings (SSSR count). The number of fused-ring (bicyclic) bond motifs is 1. The van der Waals surface area contributed by atoms with Gasteiger partial charge in [-0.2, -0.15) is 0 Å². The van der Waals surface area contributed by atoms with Gasteiger partial charge in [0, 0.05) is 5.56 Å². The molecule has 0 aromatic heterocycles. The van der Waals surface area contributed by atoms with Gasteiger partial charge in [0.2, 0.25) is 17.6 Å². The maximum Gasteiger partial charge on any atom is 0.338 e. The van der Waals surface area contributed by atoms with Crippen LogP contribution in [-0.4, -0.2) is 29.7 Å². The Hall–Kier alpha value is -3.28. The van der Waals surface area contributed by atoms with Crippen molar-refractivity contribution in [2.75, 3.05) is 4.90 Å². The fourth-order valence-electron chi connectivity index (χ4n) is 4.54. The summed E-state index contributed by atoms with van der Waals surface area (Å²) < 4.78 is 5.36. The van der Waals surface area contributed by atoms with Crippen molar-refractivity contribution in [3.63, 3.8) is 0 Å². The Balaban J connectivity index is 1.50. The Labute approximate surface area is 181 Å². The molecule has 2 aliphatic rings. The topological polar surface area (TPSA) is 80.8 Å². The van der Waals surface area contributed by atoms with Crippen LogP contribution in [0.1, 0.15) is 53.8 Å². The van der Waals surface area contributed by atoms with E-state index in [0.29, 0.717) is 30.0 Å². The van der Waals surface area contributed by atoms with E-state index >= 15 is 0 Å². The molecule has 0 N–H and O–H groups in total. The molecule has 4 atom stereocenters. The van der Waals surface area contributed by atoms with E-state index in [1.807, 2.05) is 0 Å². The van der Waals surface area contributed by atoms with Gasteiger partial charge in [0.1, 0.15) is 0 Å². The van der Waals surface area contributed by atoms with Crippen LogP contribution in [0.15, 0.2) is 54.6 Å². The Bertz CT molecular complexity index is 1030. The average Bonchev–Trinajstić information content (AvgIpc) is 3.03. The van der Waals surface area contributed by atoms with Crippen LogP contribution >= 0.6 is 0 Å². The van der Waals surface area contributed by atoms with Crippen molar-refractivity contribution < 1.29 is 23.9 Å². The minimum absolute atomic E-state index is 0.189. The van der Waals surface area contributed by atoms with E-state index in [2.05, 4.69) is 6.92 Å². The number of Topliss-reactive ketones (excluding diaryl/α,β-unsaturated/α-hetero) is 1. The van der Waals surface area contributed by atoms with Crippen molar-refractivity contribution in [3.8, 4) is 0 Å². The highest BCUT2D eigenvalue weighted by Gasteiger charge is 2.50. The van der Waals surface area contributed by atoms with E-state index in [0.717, 1.165) is 6.42 Å². The van der Waals surface area contributed by atoms with Crippen molar-refractivity contribution in [3.05, 3.63) is 65.7 Å². The van der Waals surface area contributed by atoms with Gasteiger partial charge in [-0.1, -0.05) is 43.3 Å². The molecule has 2 aromatic carbocycles. The van der Waals surface area contributed by atoms with Crippen LogP contribution in [0.2, 0.25) is 0 Å². The molecule has 1 saturated carbocycles. The van der Waals surface area contributed by atoms with Crippen molar-refractivity contribution in [2.24, 2.45) is 17.8 Å². The molecule has 1 heterocycles. The van der Waals surface area contributed by atoms with Gasteiger partial charge in [-0.3, -0.25) is 19.3 Å². The second kappa shape index (κ2) is 8.46. The standard InChI is InChI=1S/C25H25NO5/c1-15-11-12-20-21(13-15)24(29)26(23(20)28)19-10-6-9-18(14-19)25(30)31-16(2)22(27)17-7-4-3-5-8-17/h3-10,14-16,20-21H,11-13H2,1-2H3/t15-,16-,20-,21+/m1/s1. The second-order valence-electron chi connectivity index (χ2n) is 8.47. The van der Waals surface area contributed by atoms with Crippen LogP contribution in [-0.2, 0) is 14.3 Å². The van der Waals surface area contributed by atoms with Gasteiger partial charge >= 0.3 is 5.97 Å². The van der Waals surface area contributed by atoms with Crippen LogP contribution < -0.4 is 4.90 Å². The number of anilines is 1. The van der Waals surface area contributed by atoms with Crippen LogP contribution in [0.25, 0.3) is 0 Å². The van der Waals surface area contributed by atoms with Crippen LogP contribution in [0.4, 0.5) is 5.69 Å². The number of imide groups is 1. The maximum absolute atomic E-state index is 12.9. The summed E-state index contributed by atoms with van der Waals surface area (Å²) in [5.41, 5.74) is 1.02. The van der Waals surface area contributed by atoms with Crippen LogP contribution in [0.3, 0.4) is 0 Å². The largest absolute Gasteiger partial charge is 0.451 e. The number of carbonyl (C=O) groups excluding carboxylic acids is 4. The Morgan fingerprint density at radius 1 is 0.935 bits per heavy atom. The lowest BCUT2D eigenvalue weighted by Crippen LogP contribution is -2.31. The smallest absolute Gasteiger partial charge is 0.338 e. The van der Waals surface area contributed by atoms with Gasteiger partial charge in [-0.15, -0.1) is 0 Å². The van der Waals surface area contributed by atoms with Gasteiger partial charge in [0.15, 0.2) is 6.10 Å². The number of benzene rings is 2. The molecule has 1 saturated heterocycles. The first-order chi connectivity index (χ1) is 14.9. The third-order valence-electron chi connectivity index (χ3n) is 6.24. The molecule has 0 bridgehead atoms. The normalized spacial score (nSPS) is 23.9. The molecular formula is C25H25NO5. The predicted molar refractivity (Wildman–Crippen MR) is 115 cm³/mol. The minimum atomic E-state index is -0.960. The number of carbonyl (C=O) groups is 4. The summed E-state index contributed by atoms with van der Waals surface area (Å²) in [5.74, 6) is -1.50. The highest BCUT2D eigenvalue weighted by atomic mass is 16.5. The average molecular weight is 419 g/mol. The monoisotopic (exact) mass is 419 g/mol. The lowest BCUT2D eigenvalue weighted by molar-refractivity contribution is -0.122. The van der Waals surface area contributed by atoms with Gasteiger partial charge in [-0.25, -0.2) is 4.79 Å². The Kier molecular flexibility index (Phi) is 5.72. The molecule has 2 amide bonds. The van der Waals surface area contributed by atoms with Crippen molar-refractivity contribution >= 4 is 29.3 Å². The van der Waals surface area contributed by atoms with E-state index in [9.17, 15) is 19.2 Å². The lowest BCUT2D eigenvalue weighted by atomic mass is 9.76. The number of rotatable bonds is 5. The summed E-state index contributed by atoms with van der Waals surface area (Å²) in [6.45, 7) is 3.63. The lowest BCUT2D eigenvalue weighted by Gasteiger charge is -2.25. The summed E-state index contributed by atoms with van der Waals surface area (Å²) in [7, 11) is 0. The van der Waals surface area contributed by atoms with Crippen molar-refractivity contribution in [1.82, 2.24) is 0 Å². The highest BCUT2D eigenvalue weighted by Crippen LogP contribution is 2.42. The van der Waals surface area contributed by atoms with E-state index in [1.54, 1.807) is 48.5 Å². The van der Waals surface area contributed by atoms with E-state index < -0.39 is 12.1 Å². The first-order valence-corrected chi connectivity index (χ1v) is 10.6. The first kappa shape index (κ1) is 21.0. The number of ether oxygens (including phenoxy) is 1.